The van der Waals surface area contributed by atoms with Gasteiger partial charge in [0, 0.05) is 25.7 Å². The van der Waals surface area contributed by atoms with Crippen molar-refractivity contribution in [2.75, 3.05) is 37.8 Å². The molecule has 1 aliphatic heterocycles. The minimum Gasteiger partial charge on any atom is -0.475 e. The first-order chi connectivity index (χ1) is 10.8. The Bertz CT molecular complexity index is 510. The highest BCUT2D eigenvalue weighted by Crippen LogP contribution is 2.25. The Hall–Kier alpha value is -1.56. The minimum absolute atomic E-state index is 0.0542. The van der Waals surface area contributed by atoms with Gasteiger partial charge in [-0.05, 0) is 12.8 Å². The molecule has 1 fully saturated rings. The third-order valence-electron chi connectivity index (χ3n) is 3.71. The van der Waals surface area contributed by atoms with Gasteiger partial charge < -0.3 is 14.4 Å². The van der Waals surface area contributed by atoms with E-state index in [2.05, 4.69) is 23.8 Å². The molecule has 0 N–H and O–H groups in total. The summed E-state index contributed by atoms with van der Waals surface area (Å²) in [5.41, 5.74) is 0.745. The van der Waals surface area contributed by atoms with Crippen molar-refractivity contribution < 1.29 is 9.47 Å². The van der Waals surface area contributed by atoms with E-state index < -0.39 is 0 Å². The van der Waals surface area contributed by atoms with E-state index in [9.17, 15) is 4.79 Å². The number of unbranched alkanes of at least 4 members (excludes halogenated alkanes) is 2. The molecule has 0 atom stereocenters. The maximum atomic E-state index is 12.3. The van der Waals surface area contributed by atoms with Gasteiger partial charge in [-0.25, -0.2) is 4.68 Å². The molecular weight excluding hydrogens is 282 g/mol. The Morgan fingerprint density at radius 2 is 2.00 bits per heavy atom. The number of hydrogen-bond acceptors (Lipinski definition) is 5. The van der Waals surface area contributed by atoms with E-state index in [0.717, 1.165) is 44.5 Å². The average Bonchev–Trinajstić information content (AvgIpc) is 2.55. The lowest BCUT2D eigenvalue weighted by Gasteiger charge is -2.29. The number of aromatic nitrogens is 2. The first-order valence-electron chi connectivity index (χ1n) is 8.34. The molecule has 0 unspecified atom stereocenters. The third kappa shape index (κ3) is 4.47. The summed E-state index contributed by atoms with van der Waals surface area (Å²) in [7, 11) is 0. The minimum atomic E-state index is -0.0542. The van der Waals surface area contributed by atoms with E-state index in [4.69, 9.17) is 9.47 Å². The van der Waals surface area contributed by atoms with Gasteiger partial charge in [0.1, 0.15) is 5.69 Å². The average molecular weight is 309 g/mol. The van der Waals surface area contributed by atoms with Crippen LogP contribution in [0.5, 0.6) is 5.88 Å². The predicted octanol–water partition coefficient (Wildman–Crippen LogP) is 2.06. The second kappa shape index (κ2) is 8.78. The molecule has 124 valence electrons. The Morgan fingerprint density at radius 3 is 2.68 bits per heavy atom. The van der Waals surface area contributed by atoms with Crippen LogP contribution >= 0.6 is 0 Å². The van der Waals surface area contributed by atoms with Gasteiger partial charge in [0.2, 0.25) is 0 Å². The highest BCUT2D eigenvalue weighted by Gasteiger charge is 2.19. The molecular formula is C16H27N3O3. The number of aryl methyl sites for hydroxylation is 1. The fourth-order valence-electron chi connectivity index (χ4n) is 2.47. The van der Waals surface area contributed by atoms with E-state index in [1.165, 1.54) is 4.68 Å². The number of rotatable bonds is 8. The van der Waals surface area contributed by atoms with Gasteiger partial charge in [-0.3, -0.25) is 4.79 Å². The molecule has 6 nitrogen and oxygen atoms in total. The second-order valence-electron chi connectivity index (χ2n) is 5.55. The summed E-state index contributed by atoms with van der Waals surface area (Å²) >= 11 is 0. The van der Waals surface area contributed by atoms with Gasteiger partial charge >= 0.3 is 0 Å². The standard InChI is InChI=1S/C16H27N3O3/c1-3-5-6-7-19-15(20)13-14(16(17-19)22-10-4-2)18-8-11-21-12-9-18/h13H,3-12H2,1-2H3. The normalized spacial score (nSPS) is 15.1. The van der Waals surface area contributed by atoms with E-state index in [1.807, 2.05) is 0 Å². The van der Waals surface area contributed by atoms with Crippen LogP contribution in [0.4, 0.5) is 5.69 Å². The van der Waals surface area contributed by atoms with Crippen LogP contribution in [0, 0.1) is 0 Å². The van der Waals surface area contributed by atoms with Gasteiger partial charge in [-0.15, -0.1) is 5.10 Å². The summed E-state index contributed by atoms with van der Waals surface area (Å²) in [6.07, 6.45) is 4.11. The molecule has 1 aliphatic rings. The molecule has 0 amide bonds. The van der Waals surface area contributed by atoms with Crippen molar-refractivity contribution in [1.82, 2.24) is 9.78 Å². The zero-order chi connectivity index (χ0) is 15.8. The molecule has 1 aromatic heterocycles. The summed E-state index contributed by atoms with van der Waals surface area (Å²) in [6.45, 7) is 8.35. The Balaban J connectivity index is 2.22. The van der Waals surface area contributed by atoms with Crippen molar-refractivity contribution >= 4 is 5.69 Å². The Kier molecular flexibility index (Phi) is 6.71. The first-order valence-corrected chi connectivity index (χ1v) is 8.34. The topological polar surface area (TPSA) is 56.6 Å². The van der Waals surface area contributed by atoms with Crippen molar-refractivity contribution in [2.45, 2.75) is 46.1 Å². The monoisotopic (exact) mass is 309 g/mol. The third-order valence-corrected chi connectivity index (χ3v) is 3.71. The highest BCUT2D eigenvalue weighted by molar-refractivity contribution is 5.54. The molecule has 2 rings (SSSR count). The van der Waals surface area contributed by atoms with Crippen molar-refractivity contribution in [3.63, 3.8) is 0 Å². The van der Waals surface area contributed by atoms with Crippen LogP contribution in [0.2, 0.25) is 0 Å². The number of hydrogen-bond donors (Lipinski definition) is 0. The zero-order valence-corrected chi connectivity index (χ0v) is 13.7. The van der Waals surface area contributed by atoms with Crippen LogP contribution in [-0.4, -0.2) is 42.7 Å². The lowest BCUT2D eigenvalue weighted by molar-refractivity contribution is 0.122. The fourth-order valence-corrected chi connectivity index (χ4v) is 2.47. The van der Waals surface area contributed by atoms with Gasteiger partial charge in [0.25, 0.3) is 11.4 Å². The van der Waals surface area contributed by atoms with Crippen LogP contribution in [0.3, 0.4) is 0 Å². The zero-order valence-electron chi connectivity index (χ0n) is 13.7. The van der Waals surface area contributed by atoms with E-state index in [0.29, 0.717) is 32.2 Å². The quantitative estimate of drug-likeness (QED) is 0.688. The van der Waals surface area contributed by atoms with Gasteiger partial charge in [-0.1, -0.05) is 26.7 Å². The van der Waals surface area contributed by atoms with Crippen LogP contribution in [0.1, 0.15) is 39.5 Å². The van der Waals surface area contributed by atoms with Gasteiger partial charge in [0.05, 0.1) is 19.8 Å². The second-order valence-corrected chi connectivity index (χ2v) is 5.55. The van der Waals surface area contributed by atoms with Crippen LogP contribution in [-0.2, 0) is 11.3 Å². The molecule has 2 heterocycles. The number of morpholine rings is 1. The lowest BCUT2D eigenvalue weighted by Crippen LogP contribution is -2.38. The van der Waals surface area contributed by atoms with E-state index in [1.54, 1.807) is 6.07 Å². The summed E-state index contributed by atoms with van der Waals surface area (Å²) in [5.74, 6) is 0.569. The summed E-state index contributed by atoms with van der Waals surface area (Å²) in [5, 5.41) is 4.46. The highest BCUT2D eigenvalue weighted by atomic mass is 16.5. The predicted molar refractivity (Wildman–Crippen MR) is 86.8 cm³/mol. The fraction of sp³-hybridized carbons (Fsp3) is 0.750. The van der Waals surface area contributed by atoms with Gasteiger partial charge in [-0.2, -0.15) is 0 Å². The lowest BCUT2D eigenvalue weighted by atomic mass is 10.2. The molecule has 22 heavy (non-hydrogen) atoms. The Morgan fingerprint density at radius 1 is 1.23 bits per heavy atom. The number of nitrogens with zero attached hydrogens (tertiary/aromatic N) is 3. The molecule has 0 aliphatic carbocycles. The number of ether oxygens (including phenoxy) is 2. The van der Waals surface area contributed by atoms with Crippen molar-refractivity contribution in [1.29, 1.82) is 0 Å². The van der Waals surface area contributed by atoms with Crippen molar-refractivity contribution in [3.8, 4) is 5.88 Å². The van der Waals surface area contributed by atoms with Gasteiger partial charge in [0.15, 0.2) is 0 Å². The van der Waals surface area contributed by atoms with Crippen LogP contribution in [0.25, 0.3) is 0 Å². The van der Waals surface area contributed by atoms with Crippen molar-refractivity contribution in [3.05, 3.63) is 16.4 Å². The van der Waals surface area contributed by atoms with E-state index in [-0.39, 0.29) is 5.56 Å². The summed E-state index contributed by atoms with van der Waals surface area (Å²) in [6, 6.07) is 1.66. The smallest absolute Gasteiger partial charge is 0.269 e. The molecule has 1 saturated heterocycles. The summed E-state index contributed by atoms with van der Waals surface area (Å²) < 4.78 is 12.7. The molecule has 0 aromatic carbocycles. The van der Waals surface area contributed by atoms with Crippen molar-refractivity contribution in [2.24, 2.45) is 0 Å². The number of anilines is 1. The molecule has 0 spiro atoms. The van der Waals surface area contributed by atoms with Crippen LogP contribution in [0.15, 0.2) is 10.9 Å². The van der Waals surface area contributed by atoms with Crippen LogP contribution < -0.4 is 15.2 Å². The summed E-state index contributed by atoms with van der Waals surface area (Å²) in [4.78, 5) is 14.4. The SMILES string of the molecule is CCCCCn1nc(OCCC)c(N2CCOCC2)cc1=O. The largest absolute Gasteiger partial charge is 0.475 e. The maximum absolute atomic E-state index is 12.3. The Labute approximate surface area is 132 Å². The molecule has 6 heteroatoms. The first kappa shape index (κ1) is 16.8. The maximum Gasteiger partial charge on any atom is 0.269 e. The molecule has 0 radical (unpaired) electrons. The molecule has 1 aromatic rings. The van der Waals surface area contributed by atoms with E-state index >= 15 is 0 Å². The molecule has 0 saturated carbocycles. The molecule has 0 bridgehead atoms.